The lowest BCUT2D eigenvalue weighted by Crippen LogP contribution is -2.42. The lowest BCUT2D eigenvalue weighted by Gasteiger charge is -2.36. The van der Waals surface area contributed by atoms with Gasteiger partial charge in [-0.25, -0.2) is 0 Å². The van der Waals surface area contributed by atoms with Crippen LogP contribution in [0.1, 0.15) is 231 Å². The third-order valence-corrected chi connectivity index (χ3v) is 19.5. The molecular weight excluding hydrogens is 875 g/mol. The minimum Gasteiger partial charge on any atom is -0.386 e. The molecule has 8 saturated carbocycles. The quantitative estimate of drug-likeness (QED) is 0.0621. The third kappa shape index (κ3) is 22.3. The van der Waals surface area contributed by atoms with Crippen molar-refractivity contribution in [1.29, 1.82) is 0 Å². The monoisotopic (exact) mass is 988 g/mol. The molecule has 8 rings (SSSR count). The number of nitrogens with one attached hydrogen (secondary N) is 5. The van der Waals surface area contributed by atoms with E-state index in [0.717, 1.165) is 53.2 Å². The highest BCUT2D eigenvalue weighted by molar-refractivity contribution is 4.97. The summed E-state index contributed by atoms with van der Waals surface area (Å²) in [5.41, 5.74) is 35.0. The summed E-state index contributed by atoms with van der Waals surface area (Å²) in [7, 11) is 0. The van der Waals surface area contributed by atoms with Crippen molar-refractivity contribution in [2.75, 3.05) is 0 Å². The van der Waals surface area contributed by atoms with Crippen LogP contribution in [0.25, 0.3) is 0 Å². The second-order valence-electron chi connectivity index (χ2n) is 25.6. The van der Waals surface area contributed by atoms with Gasteiger partial charge in [-0.1, -0.05) is 26.3 Å². The fourth-order valence-electron chi connectivity index (χ4n) is 15.2. The zero-order valence-electron chi connectivity index (χ0n) is 45.5. The number of hydrogen-bond donors (Lipinski definition) is 11. The van der Waals surface area contributed by atoms with Crippen molar-refractivity contribution in [1.82, 2.24) is 26.6 Å². The van der Waals surface area contributed by atoms with Crippen molar-refractivity contribution in [3.05, 3.63) is 49.6 Å². The van der Waals surface area contributed by atoms with E-state index in [1.807, 2.05) is 0 Å². The molecule has 0 bridgehead atoms. The molecule has 0 aromatic heterocycles. The van der Waals surface area contributed by atoms with Crippen LogP contribution in [-0.4, -0.2) is 48.3 Å². The SMILES string of the molecule is C=C(N)NC1CCC(CC2CCC(N)CC2)CC1.C=C(N)NC1CCC(CC2CCC(NC(=C)N)CC2)CC1.C=C(NC1CCC(CC2CCC(N)CC2)CC1)NC1CCC(CC2CCC(N)CC2)CC1. The maximum absolute atomic E-state index is 6.08. The van der Waals surface area contributed by atoms with Gasteiger partial charge in [0, 0.05) is 48.3 Å². The Hall–Kier alpha value is -2.76. The fraction of sp³-hybridized carbons (Fsp3) is 0.867. The molecule has 0 heterocycles. The van der Waals surface area contributed by atoms with Gasteiger partial charge in [-0.05, 0) is 278 Å². The Labute approximate surface area is 435 Å². The molecule has 8 aliphatic carbocycles. The van der Waals surface area contributed by atoms with Gasteiger partial charge in [-0.3, -0.25) is 0 Å². The van der Waals surface area contributed by atoms with E-state index in [2.05, 4.69) is 52.9 Å². The second kappa shape index (κ2) is 30.6. The second-order valence-corrected chi connectivity index (χ2v) is 25.6. The zero-order chi connectivity index (χ0) is 50.5. The van der Waals surface area contributed by atoms with Crippen LogP contribution in [0.4, 0.5) is 0 Å². The standard InChI is InChI=1S/C28H52N4.C17H32N4.C15H29N3/c1-20(31-27-14-6-23(7-15-27)18-21-2-10-25(29)11-3-21)32-28-16-8-24(9-17-28)19-22-4-12-26(30)13-5-22;1-12(18)20-16-7-3-14(4-8-16)11-15-5-9-17(10-6-15)21-13(2)19;1-11(16)18-15-8-4-13(5-9-15)10-12-2-6-14(17)7-3-12/h21-28,31-32H,1-19,29-30H2;14-17,20-21H,1-11,18-19H2;12-15,18H,1-10,16-17H2. The van der Waals surface area contributed by atoms with Crippen molar-refractivity contribution in [2.45, 2.75) is 279 Å². The van der Waals surface area contributed by atoms with Crippen molar-refractivity contribution in [2.24, 2.45) is 81.7 Å². The molecule has 0 aromatic carbocycles. The lowest BCUT2D eigenvalue weighted by molar-refractivity contribution is 0.210. The molecule has 408 valence electrons. The van der Waals surface area contributed by atoms with E-state index in [-0.39, 0.29) is 0 Å². The van der Waals surface area contributed by atoms with Gasteiger partial charge in [0.2, 0.25) is 0 Å². The zero-order valence-corrected chi connectivity index (χ0v) is 45.5. The van der Waals surface area contributed by atoms with Crippen molar-refractivity contribution < 1.29 is 0 Å². The maximum Gasteiger partial charge on any atom is 0.0916 e. The van der Waals surface area contributed by atoms with Crippen LogP contribution >= 0.6 is 0 Å². The van der Waals surface area contributed by atoms with Gasteiger partial charge < -0.3 is 61.0 Å². The average Bonchev–Trinajstić information content (AvgIpc) is 3.34. The van der Waals surface area contributed by atoms with Gasteiger partial charge in [-0.2, -0.15) is 0 Å². The lowest BCUT2D eigenvalue weighted by atomic mass is 9.75. The van der Waals surface area contributed by atoms with E-state index in [1.54, 1.807) is 0 Å². The Balaban J connectivity index is 0.000000184. The molecule has 0 radical (unpaired) electrons. The highest BCUT2D eigenvalue weighted by Gasteiger charge is 2.31. The van der Waals surface area contributed by atoms with Crippen molar-refractivity contribution >= 4 is 0 Å². The first kappa shape index (κ1) is 57.5. The molecule has 0 saturated heterocycles. The van der Waals surface area contributed by atoms with E-state index in [1.165, 1.54) is 231 Å². The molecule has 0 aliphatic heterocycles. The summed E-state index contributed by atoms with van der Waals surface area (Å²) in [6, 6.07) is 4.37. The van der Waals surface area contributed by atoms with Crippen LogP contribution in [0.15, 0.2) is 49.6 Å². The molecule has 17 N–H and O–H groups in total. The summed E-state index contributed by atoms with van der Waals surface area (Å²) >= 11 is 0. The van der Waals surface area contributed by atoms with Crippen LogP contribution in [0.3, 0.4) is 0 Å². The predicted octanol–water partition coefficient (Wildman–Crippen LogP) is 10.6. The van der Waals surface area contributed by atoms with E-state index in [4.69, 9.17) is 34.4 Å². The Morgan fingerprint density at radius 1 is 0.254 bits per heavy atom. The van der Waals surface area contributed by atoms with Crippen LogP contribution in [0, 0.1) is 47.3 Å². The van der Waals surface area contributed by atoms with Gasteiger partial charge in [0.05, 0.1) is 23.3 Å². The molecule has 71 heavy (non-hydrogen) atoms. The first-order valence-electron chi connectivity index (χ1n) is 30.3. The van der Waals surface area contributed by atoms with Crippen LogP contribution < -0.4 is 61.0 Å². The summed E-state index contributed by atoms with van der Waals surface area (Å²) in [5, 5.41) is 17.3. The summed E-state index contributed by atoms with van der Waals surface area (Å²) in [6.07, 6.45) is 47.8. The maximum atomic E-state index is 6.08. The highest BCUT2D eigenvalue weighted by atomic mass is 15.1. The van der Waals surface area contributed by atoms with Gasteiger partial charge in [0.15, 0.2) is 0 Å². The van der Waals surface area contributed by atoms with Crippen molar-refractivity contribution in [3.63, 3.8) is 0 Å². The van der Waals surface area contributed by atoms with Crippen LogP contribution in [0.2, 0.25) is 0 Å². The molecule has 0 unspecified atom stereocenters. The largest absolute Gasteiger partial charge is 0.386 e. The summed E-state index contributed by atoms with van der Waals surface area (Å²) in [4.78, 5) is 0. The fourth-order valence-corrected chi connectivity index (χ4v) is 15.2. The Bertz CT molecular complexity index is 1420. The number of rotatable bonds is 18. The minimum absolute atomic E-state index is 0.482. The van der Waals surface area contributed by atoms with E-state index in [9.17, 15) is 0 Å². The summed E-state index contributed by atoms with van der Waals surface area (Å²) in [5.74, 6) is 10.4. The molecule has 0 aromatic rings. The van der Waals surface area contributed by atoms with E-state index in [0.29, 0.717) is 65.8 Å². The Morgan fingerprint density at radius 2 is 0.408 bits per heavy atom. The van der Waals surface area contributed by atoms with Gasteiger partial charge >= 0.3 is 0 Å². The Morgan fingerprint density at radius 3 is 0.577 bits per heavy atom. The normalized spacial score (nSPS) is 37.7. The third-order valence-electron chi connectivity index (χ3n) is 19.5. The Kier molecular flexibility index (Phi) is 24.8. The molecule has 11 nitrogen and oxygen atoms in total. The molecule has 11 heteroatoms. The van der Waals surface area contributed by atoms with E-state index >= 15 is 0 Å². The topological polar surface area (TPSA) is 216 Å². The summed E-state index contributed by atoms with van der Waals surface area (Å²) in [6.45, 7) is 15.5. The first-order valence-corrected chi connectivity index (χ1v) is 30.3. The minimum atomic E-state index is 0.482. The van der Waals surface area contributed by atoms with Crippen LogP contribution in [0.5, 0.6) is 0 Å². The van der Waals surface area contributed by atoms with E-state index < -0.39 is 0 Å². The predicted molar refractivity (Wildman–Crippen MR) is 302 cm³/mol. The first-order chi connectivity index (χ1) is 34.2. The van der Waals surface area contributed by atoms with Gasteiger partial charge in [-0.15, -0.1) is 0 Å². The van der Waals surface area contributed by atoms with Crippen LogP contribution in [-0.2, 0) is 0 Å². The molecule has 0 spiro atoms. The van der Waals surface area contributed by atoms with Gasteiger partial charge in [0.1, 0.15) is 0 Å². The number of nitrogens with two attached hydrogens (primary N) is 6. The molecule has 0 atom stereocenters. The average molecular weight is 989 g/mol. The van der Waals surface area contributed by atoms with Gasteiger partial charge in [0.25, 0.3) is 0 Å². The molecule has 0 amide bonds. The smallest absolute Gasteiger partial charge is 0.0916 e. The molecular formula is C60H113N11. The summed E-state index contributed by atoms with van der Waals surface area (Å²) < 4.78 is 0. The number of hydrogen-bond acceptors (Lipinski definition) is 11. The van der Waals surface area contributed by atoms with Crippen molar-refractivity contribution in [3.8, 4) is 0 Å². The molecule has 8 fully saturated rings. The molecule has 8 aliphatic rings. The highest BCUT2D eigenvalue weighted by Crippen LogP contribution is 2.39.